The zero-order valence-corrected chi connectivity index (χ0v) is 12.8. The Labute approximate surface area is 125 Å². The minimum atomic E-state index is -0.105. The summed E-state index contributed by atoms with van der Waals surface area (Å²) >= 11 is 0. The van der Waals surface area contributed by atoms with Gasteiger partial charge in [0.25, 0.3) is 0 Å². The number of carbonyl (C=O) groups is 2. The molecule has 0 aromatic carbocycles. The van der Waals surface area contributed by atoms with Gasteiger partial charge < -0.3 is 24.6 Å². The lowest BCUT2D eigenvalue weighted by Gasteiger charge is -2.36. The minimum absolute atomic E-state index is 0.0145. The van der Waals surface area contributed by atoms with Crippen molar-refractivity contribution < 1.29 is 19.1 Å². The molecule has 2 saturated heterocycles. The van der Waals surface area contributed by atoms with Crippen molar-refractivity contribution in [2.45, 2.75) is 13.0 Å². The average molecular weight is 299 g/mol. The molecule has 2 amide bonds. The predicted molar refractivity (Wildman–Crippen MR) is 76.8 cm³/mol. The minimum Gasteiger partial charge on any atom is -0.379 e. The van der Waals surface area contributed by atoms with Crippen molar-refractivity contribution >= 4 is 11.8 Å². The first-order valence-electron chi connectivity index (χ1n) is 7.54. The Morgan fingerprint density at radius 1 is 1.19 bits per heavy atom. The van der Waals surface area contributed by atoms with E-state index in [0.29, 0.717) is 39.4 Å². The van der Waals surface area contributed by atoms with Gasteiger partial charge in [-0.1, -0.05) is 6.92 Å². The summed E-state index contributed by atoms with van der Waals surface area (Å²) in [4.78, 5) is 27.9. The Bertz CT molecular complexity index is 369. The number of methoxy groups -OCH3 is 1. The predicted octanol–water partition coefficient (Wildman–Crippen LogP) is -1.07. The lowest BCUT2D eigenvalue weighted by Crippen LogP contribution is -2.54. The summed E-state index contributed by atoms with van der Waals surface area (Å²) in [7, 11) is 1.51. The number of nitrogens with zero attached hydrogens (tertiary/aromatic N) is 2. The van der Waals surface area contributed by atoms with Gasteiger partial charge in [-0.25, -0.2) is 0 Å². The summed E-state index contributed by atoms with van der Waals surface area (Å²) < 4.78 is 10.3. The van der Waals surface area contributed by atoms with Crippen molar-refractivity contribution in [1.82, 2.24) is 15.1 Å². The van der Waals surface area contributed by atoms with E-state index in [0.717, 1.165) is 6.54 Å². The largest absolute Gasteiger partial charge is 0.379 e. The average Bonchev–Trinajstić information content (AvgIpc) is 2.95. The fourth-order valence-electron chi connectivity index (χ4n) is 2.89. The molecule has 0 aromatic heterocycles. The zero-order valence-electron chi connectivity index (χ0n) is 12.8. The van der Waals surface area contributed by atoms with E-state index in [9.17, 15) is 9.59 Å². The number of likely N-dealkylation sites (N-methyl/N-ethyl adjacent to an activating group) is 1. The smallest absolute Gasteiger partial charge is 0.248 e. The number of amides is 2. The zero-order chi connectivity index (χ0) is 15.2. The Morgan fingerprint density at radius 2 is 1.86 bits per heavy atom. The molecular weight excluding hydrogens is 274 g/mol. The number of hydrogen-bond donors (Lipinski definition) is 1. The number of rotatable bonds is 5. The van der Waals surface area contributed by atoms with E-state index >= 15 is 0 Å². The van der Waals surface area contributed by atoms with Crippen molar-refractivity contribution in [2.24, 2.45) is 5.92 Å². The molecule has 120 valence electrons. The highest BCUT2D eigenvalue weighted by Crippen LogP contribution is 2.18. The number of piperazine rings is 1. The van der Waals surface area contributed by atoms with E-state index in [4.69, 9.17) is 9.47 Å². The number of nitrogens with one attached hydrogen (secondary N) is 1. The molecule has 2 fully saturated rings. The van der Waals surface area contributed by atoms with E-state index in [-0.39, 0.29) is 30.4 Å². The second kappa shape index (κ2) is 7.72. The molecule has 1 N–H and O–H groups in total. The Morgan fingerprint density at radius 3 is 2.48 bits per heavy atom. The maximum Gasteiger partial charge on any atom is 0.248 e. The van der Waals surface area contributed by atoms with Crippen LogP contribution in [0.1, 0.15) is 6.92 Å². The summed E-state index contributed by atoms with van der Waals surface area (Å²) in [5.74, 6) is 0.0165. The van der Waals surface area contributed by atoms with Gasteiger partial charge in [0.15, 0.2) is 0 Å². The molecule has 0 radical (unpaired) electrons. The van der Waals surface area contributed by atoms with E-state index in [1.54, 1.807) is 4.90 Å². The first-order chi connectivity index (χ1) is 10.2. The molecule has 0 bridgehead atoms. The van der Waals surface area contributed by atoms with Crippen LogP contribution in [-0.4, -0.2) is 87.3 Å². The molecular formula is C14H25N3O4. The Kier molecular flexibility index (Phi) is 5.96. The van der Waals surface area contributed by atoms with Crippen LogP contribution in [0, 0.1) is 5.92 Å². The van der Waals surface area contributed by atoms with Gasteiger partial charge in [-0.3, -0.25) is 9.59 Å². The highest BCUT2D eigenvalue weighted by molar-refractivity contribution is 5.81. The van der Waals surface area contributed by atoms with Crippen molar-refractivity contribution in [3.8, 4) is 0 Å². The number of ether oxygens (including phenoxy) is 2. The molecule has 0 saturated carbocycles. The monoisotopic (exact) mass is 299 g/mol. The van der Waals surface area contributed by atoms with Crippen molar-refractivity contribution in [2.75, 3.05) is 59.7 Å². The maximum atomic E-state index is 12.6. The van der Waals surface area contributed by atoms with Gasteiger partial charge in [-0.05, 0) is 6.54 Å². The van der Waals surface area contributed by atoms with E-state index in [2.05, 4.69) is 5.32 Å². The van der Waals surface area contributed by atoms with Crippen LogP contribution in [0.15, 0.2) is 0 Å². The van der Waals surface area contributed by atoms with Gasteiger partial charge >= 0.3 is 0 Å². The van der Waals surface area contributed by atoms with Crippen LogP contribution >= 0.6 is 0 Å². The standard InChI is InChI=1S/C14H25N3O4/c1-3-15-12-9-21-8-11(12)14(19)17-6-4-16(5-7-17)13(18)10-20-2/h11-12,15H,3-10H2,1-2H3. The topological polar surface area (TPSA) is 71.1 Å². The third-order valence-corrected chi connectivity index (χ3v) is 4.08. The van der Waals surface area contributed by atoms with Crippen LogP contribution < -0.4 is 5.32 Å². The molecule has 2 aliphatic rings. The summed E-state index contributed by atoms with van der Waals surface area (Å²) in [6, 6.07) is 0.107. The fourth-order valence-corrected chi connectivity index (χ4v) is 2.89. The second-order valence-electron chi connectivity index (χ2n) is 5.45. The number of hydrogen-bond acceptors (Lipinski definition) is 5. The van der Waals surface area contributed by atoms with Crippen LogP contribution in [0.25, 0.3) is 0 Å². The number of carbonyl (C=O) groups excluding carboxylic acids is 2. The summed E-state index contributed by atoms with van der Waals surface area (Å²) in [6.45, 7) is 6.37. The van der Waals surface area contributed by atoms with Crippen LogP contribution in [0.4, 0.5) is 0 Å². The van der Waals surface area contributed by atoms with E-state index in [1.807, 2.05) is 11.8 Å². The molecule has 2 heterocycles. The van der Waals surface area contributed by atoms with E-state index < -0.39 is 0 Å². The van der Waals surface area contributed by atoms with Crippen LogP contribution in [-0.2, 0) is 19.1 Å². The molecule has 0 aliphatic carbocycles. The van der Waals surface area contributed by atoms with Crippen LogP contribution in [0.3, 0.4) is 0 Å². The fraction of sp³-hybridized carbons (Fsp3) is 0.857. The normalized spacial score (nSPS) is 26.2. The van der Waals surface area contributed by atoms with Crippen LogP contribution in [0.5, 0.6) is 0 Å². The summed E-state index contributed by atoms with van der Waals surface area (Å²) in [5.41, 5.74) is 0. The molecule has 7 heteroatoms. The highest BCUT2D eigenvalue weighted by atomic mass is 16.5. The van der Waals surface area contributed by atoms with Gasteiger partial charge in [0.05, 0.1) is 19.1 Å². The Balaban J connectivity index is 1.84. The lowest BCUT2D eigenvalue weighted by atomic mass is 10.0. The third kappa shape index (κ3) is 3.93. The Hall–Kier alpha value is -1.18. The summed E-state index contributed by atoms with van der Waals surface area (Å²) in [5, 5.41) is 3.30. The van der Waals surface area contributed by atoms with E-state index in [1.165, 1.54) is 7.11 Å². The third-order valence-electron chi connectivity index (χ3n) is 4.08. The van der Waals surface area contributed by atoms with Crippen molar-refractivity contribution in [3.05, 3.63) is 0 Å². The van der Waals surface area contributed by atoms with Gasteiger partial charge in [0.2, 0.25) is 11.8 Å². The van der Waals surface area contributed by atoms with Crippen molar-refractivity contribution in [1.29, 1.82) is 0 Å². The molecule has 2 atom stereocenters. The molecule has 7 nitrogen and oxygen atoms in total. The quantitative estimate of drug-likeness (QED) is 0.700. The van der Waals surface area contributed by atoms with Crippen LogP contribution in [0.2, 0.25) is 0 Å². The van der Waals surface area contributed by atoms with Crippen molar-refractivity contribution in [3.63, 3.8) is 0 Å². The molecule has 2 rings (SSSR count). The molecule has 21 heavy (non-hydrogen) atoms. The molecule has 2 unspecified atom stereocenters. The van der Waals surface area contributed by atoms with Gasteiger partial charge in [-0.2, -0.15) is 0 Å². The first kappa shape index (κ1) is 16.2. The SMILES string of the molecule is CCNC1COCC1C(=O)N1CCN(C(=O)COC)CC1. The molecule has 2 aliphatic heterocycles. The maximum absolute atomic E-state index is 12.6. The lowest BCUT2D eigenvalue weighted by molar-refractivity contribution is -0.144. The van der Waals surface area contributed by atoms with Gasteiger partial charge in [0, 0.05) is 39.3 Å². The second-order valence-corrected chi connectivity index (χ2v) is 5.45. The molecule has 0 spiro atoms. The molecule has 0 aromatic rings. The highest BCUT2D eigenvalue weighted by Gasteiger charge is 2.37. The first-order valence-corrected chi connectivity index (χ1v) is 7.54. The van der Waals surface area contributed by atoms with Gasteiger partial charge in [0.1, 0.15) is 6.61 Å². The summed E-state index contributed by atoms with van der Waals surface area (Å²) in [6.07, 6.45) is 0. The van der Waals surface area contributed by atoms with Gasteiger partial charge in [-0.15, -0.1) is 0 Å².